The summed E-state index contributed by atoms with van der Waals surface area (Å²) < 4.78 is 0. The Labute approximate surface area is 79.8 Å². The van der Waals surface area contributed by atoms with E-state index in [0.29, 0.717) is 12.8 Å². The molecule has 3 heteroatoms. The van der Waals surface area contributed by atoms with E-state index in [4.69, 9.17) is 10.2 Å². The molecule has 0 fully saturated rings. The SMILES string of the molecule is CC(O)CC[C@H](C(=O)O)C(C)(C)C. The normalized spacial score (nSPS) is 16.7. The van der Waals surface area contributed by atoms with Gasteiger partial charge in [-0.25, -0.2) is 0 Å². The molecule has 13 heavy (non-hydrogen) atoms. The molecule has 2 atom stereocenters. The van der Waals surface area contributed by atoms with Gasteiger partial charge in [-0.2, -0.15) is 0 Å². The first-order chi connectivity index (χ1) is 5.75. The lowest BCUT2D eigenvalue weighted by atomic mass is 9.78. The second kappa shape index (κ2) is 4.61. The summed E-state index contributed by atoms with van der Waals surface area (Å²) in [5.41, 5.74) is -0.235. The fraction of sp³-hybridized carbons (Fsp3) is 0.900. The second-order valence-corrected chi connectivity index (χ2v) is 4.68. The Kier molecular flexibility index (Phi) is 4.40. The van der Waals surface area contributed by atoms with E-state index in [1.54, 1.807) is 6.92 Å². The quantitative estimate of drug-likeness (QED) is 0.708. The molecule has 0 heterocycles. The molecule has 0 aliphatic rings. The largest absolute Gasteiger partial charge is 0.481 e. The maximum Gasteiger partial charge on any atom is 0.307 e. The number of carboxylic acids is 1. The molecule has 3 nitrogen and oxygen atoms in total. The van der Waals surface area contributed by atoms with Crippen LogP contribution in [0.3, 0.4) is 0 Å². The highest BCUT2D eigenvalue weighted by Crippen LogP contribution is 2.30. The van der Waals surface area contributed by atoms with Crippen molar-refractivity contribution in [2.24, 2.45) is 11.3 Å². The molecule has 1 unspecified atom stereocenters. The molecular formula is C10H20O3. The van der Waals surface area contributed by atoms with Crippen LogP contribution in [0, 0.1) is 11.3 Å². The lowest BCUT2D eigenvalue weighted by molar-refractivity contribution is -0.146. The third-order valence-corrected chi connectivity index (χ3v) is 2.22. The van der Waals surface area contributed by atoms with E-state index in [-0.39, 0.29) is 11.3 Å². The van der Waals surface area contributed by atoms with Crippen molar-refractivity contribution in [2.45, 2.75) is 46.6 Å². The number of carbonyl (C=O) groups is 1. The predicted octanol–water partition coefficient (Wildman–Crippen LogP) is 1.89. The van der Waals surface area contributed by atoms with E-state index in [9.17, 15) is 4.79 Å². The third kappa shape index (κ3) is 4.88. The van der Waals surface area contributed by atoms with Gasteiger partial charge < -0.3 is 10.2 Å². The molecule has 0 aliphatic carbocycles. The Balaban J connectivity index is 4.20. The molecule has 0 spiro atoms. The second-order valence-electron chi connectivity index (χ2n) is 4.68. The number of hydrogen-bond acceptors (Lipinski definition) is 2. The topological polar surface area (TPSA) is 57.5 Å². The Bertz CT molecular complexity index is 167. The van der Waals surface area contributed by atoms with Crippen molar-refractivity contribution in [1.29, 1.82) is 0 Å². The van der Waals surface area contributed by atoms with Gasteiger partial charge >= 0.3 is 5.97 Å². The van der Waals surface area contributed by atoms with E-state index in [0.717, 1.165) is 0 Å². The summed E-state index contributed by atoms with van der Waals surface area (Å²) in [5.74, 6) is -1.14. The Morgan fingerprint density at radius 2 is 1.77 bits per heavy atom. The lowest BCUT2D eigenvalue weighted by Crippen LogP contribution is -2.29. The van der Waals surface area contributed by atoms with Crippen LogP contribution < -0.4 is 0 Å². The molecule has 0 radical (unpaired) electrons. The van der Waals surface area contributed by atoms with Crippen LogP contribution in [0.25, 0.3) is 0 Å². The molecule has 0 aromatic heterocycles. The standard InChI is InChI=1S/C10H20O3/c1-7(11)5-6-8(9(12)13)10(2,3)4/h7-8,11H,5-6H2,1-4H3,(H,12,13)/t7?,8-/m1/s1. The minimum absolute atomic E-state index is 0.235. The summed E-state index contributed by atoms with van der Waals surface area (Å²) in [6.07, 6.45) is 0.675. The molecular weight excluding hydrogens is 168 g/mol. The van der Waals surface area contributed by atoms with Crippen LogP contribution in [0.5, 0.6) is 0 Å². The Morgan fingerprint density at radius 3 is 2.00 bits per heavy atom. The molecule has 0 aromatic carbocycles. The van der Waals surface area contributed by atoms with Gasteiger partial charge in [-0.3, -0.25) is 4.79 Å². The van der Waals surface area contributed by atoms with Gasteiger partial charge in [0.15, 0.2) is 0 Å². The van der Waals surface area contributed by atoms with Crippen molar-refractivity contribution in [1.82, 2.24) is 0 Å². The first kappa shape index (κ1) is 12.4. The molecule has 2 N–H and O–H groups in total. The van der Waals surface area contributed by atoms with E-state index >= 15 is 0 Å². The zero-order valence-corrected chi connectivity index (χ0v) is 8.87. The summed E-state index contributed by atoms with van der Waals surface area (Å²) in [4.78, 5) is 10.9. The van der Waals surface area contributed by atoms with Gasteiger partial charge in [-0.15, -0.1) is 0 Å². The van der Waals surface area contributed by atoms with Gasteiger partial charge in [0.2, 0.25) is 0 Å². The summed E-state index contributed by atoms with van der Waals surface area (Å²) >= 11 is 0. The molecule has 0 saturated heterocycles. The Hall–Kier alpha value is -0.570. The summed E-state index contributed by atoms with van der Waals surface area (Å²) in [7, 11) is 0. The minimum atomic E-state index is -0.770. The average Bonchev–Trinajstić information content (AvgIpc) is 1.81. The van der Waals surface area contributed by atoms with Gasteiger partial charge in [-0.05, 0) is 25.2 Å². The zero-order chi connectivity index (χ0) is 10.6. The number of aliphatic hydroxyl groups excluding tert-OH is 1. The van der Waals surface area contributed by atoms with Gasteiger partial charge in [0.25, 0.3) is 0 Å². The first-order valence-corrected chi connectivity index (χ1v) is 4.66. The van der Waals surface area contributed by atoms with E-state index < -0.39 is 12.1 Å². The van der Waals surface area contributed by atoms with Gasteiger partial charge in [0, 0.05) is 0 Å². The van der Waals surface area contributed by atoms with Gasteiger partial charge in [0.05, 0.1) is 12.0 Å². The number of aliphatic carboxylic acids is 1. The predicted molar refractivity (Wildman–Crippen MR) is 51.5 cm³/mol. The van der Waals surface area contributed by atoms with Crippen LogP contribution in [0.1, 0.15) is 40.5 Å². The molecule has 0 saturated carbocycles. The molecule has 0 amide bonds. The third-order valence-electron chi connectivity index (χ3n) is 2.22. The Morgan fingerprint density at radius 1 is 1.31 bits per heavy atom. The van der Waals surface area contributed by atoms with Crippen LogP contribution in [0.2, 0.25) is 0 Å². The molecule has 78 valence electrons. The zero-order valence-electron chi connectivity index (χ0n) is 8.87. The number of rotatable bonds is 4. The first-order valence-electron chi connectivity index (χ1n) is 4.66. The fourth-order valence-electron chi connectivity index (χ4n) is 1.33. The highest BCUT2D eigenvalue weighted by atomic mass is 16.4. The van der Waals surface area contributed by atoms with E-state index in [2.05, 4.69) is 0 Å². The van der Waals surface area contributed by atoms with Crippen LogP contribution >= 0.6 is 0 Å². The van der Waals surface area contributed by atoms with Crippen molar-refractivity contribution in [3.8, 4) is 0 Å². The minimum Gasteiger partial charge on any atom is -0.481 e. The molecule has 0 aromatic rings. The highest BCUT2D eigenvalue weighted by molar-refractivity contribution is 5.70. The van der Waals surface area contributed by atoms with Crippen LogP contribution in [-0.2, 0) is 4.79 Å². The van der Waals surface area contributed by atoms with Crippen molar-refractivity contribution in [2.75, 3.05) is 0 Å². The summed E-state index contributed by atoms with van der Waals surface area (Å²) in [6, 6.07) is 0. The smallest absolute Gasteiger partial charge is 0.307 e. The van der Waals surface area contributed by atoms with Crippen LogP contribution in [-0.4, -0.2) is 22.3 Å². The highest BCUT2D eigenvalue weighted by Gasteiger charge is 2.30. The number of aliphatic hydroxyl groups is 1. The van der Waals surface area contributed by atoms with Crippen molar-refractivity contribution < 1.29 is 15.0 Å². The van der Waals surface area contributed by atoms with Crippen molar-refractivity contribution in [3.05, 3.63) is 0 Å². The average molecular weight is 188 g/mol. The molecule has 0 bridgehead atoms. The van der Waals surface area contributed by atoms with Gasteiger partial charge in [0.1, 0.15) is 0 Å². The fourth-order valence-corrected chi connectivity index (χ4v) is 1.33. The number of carboxylic acid groups (broad SMARTS) is 1. The van der Waals surface area contributed by atoms with Crippen molar-refractivity contribution in [3.63, 3.8) is 0 Å². The lowest BCUT2D eigenvalue weighted by Gasteiger charge is -2.27. The maximum atomic E-state index is 10.9. The summed E-state index contributed by atoms with van der Waals surface area (Å²) in [6.45, 7) is 7.41. The molecule has 0 aliphatic heterocycles. The maximum absolute atomic E-state index is 10.9. The summed E-state index contributed by atoms with van der Waals surface area (Å²) in [5, 5.41) is 18.0. The number of hydrogen-bond donors (Lipinski definition) is 2. The monoisotopic (exact) mass is 188 g/mol. The van der Waals surface area contributed by atoms with Crippen molar-refractivity contribution >= 4 is 5.97 Å². The molecule has 0 rings (SSSR count). The van der Waals surface area contributed by atoms with Crippen LogP contribution in [0.4, 0.5) is 0 Å². The van der Waals surface area contributed by atoms with E-state index in [1.165, 1.54) is 0 Å². The van der Waals surface area contributed by atoms with E-state index in [1.807, 2.05) is 20.8 Å². The van der Waals surface area contributed by atoms with Crippen LogP contribution in [0.15, 0.2) is 0 Å². The van der Waals surface area contributed by atoms with Gasteiger partial charge in [-0.1, -0.05) is 20.8 Å².